The van der Waals surface area contributed by atoms with Crippen molar-refractivity contribution in [3.05, 3.63) is 80.7 Å². The summed E-state index contributed by atoms with van der Waals surface area (Å²) in [6.45, 7) is 0.185. The van der Waals surface area contributed by atoms with Gasteiger partial charge in [-0.3, -0.25) is 9.78 Å². The number of ether oxygens (including phenoxy) is 2. The molecule has 2 saturated heterocycles. The van der Waals surface area contributed by atoms with Gasteiger partial charge < -0.3 is 18.9 Å². The van der Waals surface area contributed by atoms with Crippen LogP contribution < -0.4 is 20.9 Å². The standard InChI is InChI=1S/C30H28F3N5O5/c31-30(32,33)42-24-4-2-1-3-22(24)26-23(27(43-37-26)17-5-6-17)15-41-21-13-19-11-12-20(14-21)38(19)18-9-7-16(8-10-18)25-28(39)34-29(40)36-35-25/h1-4,7-10,17,19-21H,5-6,11-15H2,(H2,34,36,39,40)/t19-,20+,21?. The maximum Gasteiger partial charge on any atom is 0.573 e. The molecule has 3 fully saturated rings. The fourth-order valence-electron chi connectivity index (χ4n) is 6.44. The van der Waals surface area contributed by atoms with Crippen LogP contribution in [0.1, 0.15) is 55.8 Å². The maximum atomic E-state index is 13.1. The van der Waals surface area contributed by atoms with Crippen molar-refractivity contribution in [3.63, 3.8) is 0 Å². The second kappa shape index (κ2) is 10.7. The zero-order valence-corrected chi connectivity index (χ0v) is 22.9. The van der Waals surface area contributed by atoms with Crippen molar-refractivity contribution >= 4 is 5.69 Å². The first-order chi connectivity index (χ1) is 20.7. The number of nitrogens with zero attached hydrogens (tertiary/aromatic N) is 3. The Hall–Kier alpha value is -4.39. The number of halogens is 3. The Bertz CT molecular complexity index is 1730. The summed E-state index contributed by atoms with van der Waals surface area (Å²) < 4.78 is 55.7. The Morgan fingerprint density at radius 3 is 2.35 bits per heavy atom. The summed E-state index contributed by atoms with van der Waals surface area (Å²) in [7, 11) is 0. The average Bonchev–Trinajstić information content (AvgIpc) is 3.67. The summed E-state index contributed by atoms with van der Waals surface area (Å²) in [6, 6.07) is 14.0. The molecular formula is C30H28F3N5O5. The lowest BCUT2D eigenvalue weighted by molar-refractivity contribution is -0.274. The molecule has 43 heavy (non-hydrogen) atoms. The number of anilines is 1. The first-order valence-corrected chi connectivity index (χ1v) is 14.3. The summed E-state index contributed by atoms with van der Waals surface area (Å²) in [5.74, 6) is 0.539. The summed E-state index contributed by atoms with van der Waals surface area (Å²) in [6.07, 6.45) is 0.641. The van der Waals surface area contributed by atoms with E-state index in [9.17, 15) is 22.8 Å². The van der Waals surface area contributed by atoms with Crippen LogP contribution in [0.15, 0.2) is 62.6 Å². The van der Waals surface area contributed by atoms with E-state index in [0.29, 0.717) is 22.6 Å². The van der Waals surface area contributed by atoms with Gasteiger partial charge in [0.05, 0.1) is 12.7 Å². The van der Waals surface area contributed by atoms with E-state index in [2.05, 4.69) is 30.0 Å². The van der Waals surface area contributed by atoms with Gasteiger partial charge >= 0.3 is 12.1 Å². The molecular weight excluding hydrogens is 567 g/mol. The van der Waals surface area contributed by atoms with Gasteiger partial charge in [-0.2, -0.15) is 5.10 Å². The molecule has 2 aliphatic heterocycles. The third-order valence-corrected chi connectivity index (χ3v) is 8.44. The van der Waals surface area contributed by atoms with Crippen LogP contribution in [0.5, 0.6) is 5.75 Å². The molecule has 13 heteroatoms. The van der Waals surface area contributed by atoms with Crippen molar-refractivity contribution in [2.45, 2.75) is 75.6 Å². The van der Waals surface area contributed by atoms with E-state index in [1.54, 1.807) is 12.1 Å². The molecule has 2 N–H and O–H groups in total. The normalized spacial score (nSPS) is 21.7. The molecule has 2 bridgehead atoms. The Morgan fingerprint density at radius 1 is 0.953 bits per heavy atom. The SMILES string of the molecule is O=c1[nH]nc(-c2ccc(N3[C@@H]4CC[C@H]3CC(OCc3c(-c5ccccc5OC(F)(F)F)noc3C3CC3)C4)cc2)c(=O)[nH]1. The van der Waals surface area contributed by atoms with E-state index in [0.717, 1.165) is 44.2 Å². The number of nitrogens with one attached hydrogen (secondary N) is 2. The van der Waals surface area contributed by atoms with Crippen molar-refractivity contribution in [2.75, 3.05) is 4.90 Å². The Balaban J connectivity index is 1.07. The van der Waals surface area contributed by atoms with Crippen molar-refractivity contribution < 1.29 is 27.2 Å². The molecule has 0 spiro atoms. The van der Waals surface area contributed by atoms with Crippen LogP contribution in [0, 0.1) is 0 Å². The van der Waals surface area contributed by atoms with Gasteiger partial charge in [0.1, 0.15) is 17.2 Å². The number of hydrogen-bond acceptors (Lipinski definition) is 8. The molecule has 3 atom stereocenters. The smallest absolute Gasteiger partial charge is 0.405 e. The van der Waals surface area contributed by atoms with Gasteiger partial charge in [0.2, 0.25) is 0 Å². The number of fused-ring (bicyclic) bond motifs is 2. The van der Waals surface area contributed by atoms with Crippen LogP contribution in [-0.2, 0) is 11.3 Å². The van der Waals surface area contributed by atoms with Crippen LogP contribution in [0.2, 0.25) is 0 Å². The van der Waals surface area contributed by atoms with E-state index in [1.165, 1.54) is 12.1 Å². The van der Waals surface area contributed by atoms with Crippen LogP contribution in [0.25, 0.3) is 22.5 Å². The van der Waals surface area contributed by atoms with Crippen LogP contribution >= 0.6 is 0 Å². The zero-order chi connectivity index (χ0) is 29.7. The lowest BCUT2D eigenvalue weighted by Crippen LogP contribution is -2.45. The van der Waals surface area contributed by atoms with Crippen molar-refractivity contribution in [3.8, 4) is 28.3 Å². The van der Waals surface area contributed by atoms with E-state index in [4.69, 9.17) is 9.26 Å². The number of aromatic nitrogens is 4. The van der Waals surface area contributed by atoms with Gasteiger partial charge in [-0.25, -0.2) is 9.89 Å². The molecule has 3 aliphatic rings. The van der Waals surface area contributed by atoms with E-state index in [-0.39, 0.29) is 47.7 Å². The first kappa shape index (κ1) is 27.4. The van der Waals surface area contributed by atoms with Crippen molar-refractivity contribution in [1.82, 2.24) is 20.3 Å². The molecule has 7 rings (SSSR count). The van der Waals surface area contributed by atoms with Gasteiger partial charge in [0.25, 0.3) is 5.56 Å². The van der Waals surface area contributed by atoms with E-state index >= 15 is 0 Å². The Morgan fingerprint density at radius 2 is 1.67 bits per heavy atom. The largest absolute Gasteiger partial charge is 0.573 e. The highest BCUT2D eigenvalue weighted by Gasteiger charge is 2.42. The minimum Gasteiger partial charge on any atom is -0.405 e. The molecule has 1 aliphatic carbocycles. The van der Waals surface area contributed by atoms with Crippen LogP contribution in [0.4, 0.5) is 18.9 Å². The predicted octanol–water partition coefficient (Wildman–Crippen LogP) is 5.27. The molecule has 10 nitrogen and oxygen atoms in total. The number of benzene rings is 2. The maximum absolute atomic E-state index is 13.1. The molecule has 2 aromatic carbocycles. The highest BCUT2D eigenvalue weighted by Crippen LogP contribution is 2.46. The van der Waals surface area contributed by atoms with Gasteiger partial charge in [0, 0.05) is 40.4 Å². The van der Waals surface area contributed by atoms with Gasteiger partial charge in [0.15, 0.2) is 5.69 Å². The second-order valence-electron chi connectivity index (χ2n) is 11.3. The third kappa shape index (κ3) is 5.56. The molecule has 4 heterocycles. The monoisotopic (exact) mass is 595 g/mol. The number of piperidine rings is 1. The summed E-state index contributed by atoms with van der Waals surface area (Å²) in [4.78, 5) is 28.0. The van der Waals surface area contributed by atoms with Gasteiger partial charge in [-0.05, 0) is 62.8 Å². The van der Waals surface area contributed by atoms with Gasteiger partial charge in [-0.1, -0.05) is 29.4 Å². The molecule has 0 amide bonds. The fraction of sp³-hybridized carbons (Fsp3) is 0.400. The number of hydrogen-bond donors (Lipinski definition) is 2. The lowest BCUT2D eigenvalue weighted by Gasteiger charge is -2.40. The highest BCUT2D eigenvalue weighted by atomic mass is 19.4. The molecule has 2 aromatic heterocycles. The minimum atomic E-state index is -4.83. The van der Waals surface area contributed by atoms with E-state index < -0.39 is 17.6 Å². The predicted molar refractivity (Wildman–Crippen MR) is 149 cm³/mol. The highest BCUT2D eigenvalue weighted by molar-refractivity contribution is 5.70. The summed E-state index contributed by atoms with van der Waals surface area (Å²) in [5, 5.41) is 10.3. The quantitative estimate of drug-likeness (QED) is 0.282. The zero-order valence-electron chi connectivity index (χ0n) is 22.9. The number of para-hydroxylation sites is 1. The molecule has 1 saturated carbocycles. The third-order valence-electron chi connectivity index (χ3n) is 8.44. The van der Waals surface area contributed by atoms with Crippen molar-refractivity contribution in [2.24, 2.45) is 0 Å². The van der Waals surface area contributed by atoms with Crippen molar-refractivity contribution in [1.29, 1.82) is 0 Å². The van der Waals surface area contributed by atoms with Gasteiger partial charge in [-0.15, -0.1) is 13.2 Å². The molecule has 1 unspecified atom stereocenters. The Labute approximate surface area is 242 Å². The topological polar surface area (TPSA) is 126 Å². The molecule has 224 valence electrons. The number of alkyl halides is 3. The first-order valence-electron chi connectivity index (χ1n) is 14.3. The average molecular weight is 596 g/mol. The van der Waals surface area contributed by atoms with E-state index in [1.807, 2.05) is 24.3 Å². The number of aromatic amines is 2. The summed E-state index contributed by atoms with van der Waals surface area (Å²) >= 11 is 0. The molecule has 0 radical (unpaired) electrons. The van der Waals surface area contributed by atoms with Crippen LogP contribution in [0.3, 0.4) is 0 Å². The number of H-pyrrole nitrogens is 2. The minimum absolute atomic E-state index is 0.0339. The number of rotatable bonds is 8. The summed E-state index contributed by atoms with van der Waals surface area (Å²) in [5.41, 5.74) is 1.79. The second-order valence-corrected chi connectivity index (χ2v) is 11.3. The Kier molecular flexibility index (Phi) is 6.83. The lowest BCUT2D eigenvalue weighted by atomic mass is 9.98. The van der Waals surface area contributed by atoms with Crippen LogP contribution in [-0.4, -0.2) is 44.9 Å². The fourth-order valence-corrected chi connectivity index (χ4v) is 6.44. The molecule has 4 aromatic rings.